The van der Waals surface area contributed by atoms with Crippen molar-refractivity contribution in [3.8, 4) is 0 Å². The summed E-state index contributed by atoms with van der Waals surface area (Å²) in [5.41, 5.74) is 10.3. The Morgan fingerprint density at radius 2 is 0.438 bits per heavy atom. The Hall–Kier alpha value is -0.400. The lowest BCUT2D eigenvalue weighted by atomic mass is 10.0. The smallest absolute Gasteiger partial charge is 0.334 e. The fourth-order valence-corrected chi connectivity index (χ4v) is 6.67. The van der Waals surface area contributed by atoms with Crippen LogP contribution in [0.25, 0.3) is 0 Å². The van der Waals surface area contributed by atoms with Gasteiger partial charge in [0, 0.05) is 12.8 Å². The summed E-state index contributed by atoms with van der Waals surface area (Å²) < 4.78 is 3.60. The van der Waals surface area contributed by atoms with Crippen LogP contribution in [0.15, 0.2) is 0 Å². The van der Waals surface area contributed by atoms with Crippen molar-refractivity contribution in [3.05, 3.63) is 0 Å². The van der Waals surface area contributed by atoms with Crippen LogP contribution in [0.3, 0.4) is 0 Å². The molecule has 48 heavy (non-hydrogen) atoms. The quantitative estimate of drug-likeness (QED) is 0.0271. The van der Waals surface area contributed by atoms with Gasteiger partial charge in [0.1, 0.15) is 0 Å². The van der Waals surface area contributed by atoms with Gasteiger partial charge in [-0.15, -0.1) is 0 Å². The molecule has 0 aromatic heterocycles. The van der Waals surface area contributed by atoms with Gasteiger partial charge in [-0.3, -0.25) is 9.59 Å². The van der Waals surface area contributed by atoms with Gasteiger partial charge in [-0.1, -0.05) is 199 Å². The summed E-state index contributed by atoms with van der Waals surface area (Å²) in [6.07, 6.45) is 46.4. The lowest BCUT2D eigenvalue weighted by Gasteiger charge is -2.05. The second-order valence-corrected chi connectivity index (χ2v) is 15.4. The number of rotatable bonds is 38. The summed E-state index contributed by atoms with van der Waals surface area (Å²) in [7, 11) is -5.22. The summed E-state index contributed by atoms with van der Waals surface area (Å²) in [4.78, 5) is 52.7. The largest absolute Gasteiger partial charge is 0.370 e. The second kappa shape index (κ2) is 42.8. The molecule has 0 atom stereocenters. The molecule has 0 rings (SSSR count). The molecule has 9 nitrogen and oxygen atoms in total. The van der Waals surface area contributed by atoms with E-state index in [9.17, 15) is 9.59 Å². The first-order valence-corrected chi connectivity index (χ1v) is 22.2. The first kappa shape index (κ1) is 49.7. The molecule has 8 N–H and O–H groups in total. The molecular formula is C37H78N2O7P2. The predicted molar refractivity (Wildman–Crippen MR) is 204 cm³/mol. The molecule has 0 aliphatic rings. The monoisotopic (exact) mass is 725 g/mol. The molecule has 0 aromatic rings. The van der Waals surface area contributed by atoms with E-state index in [1.165, 1.54) is 186 Å². The number of nitrogens with two attached hydrogens (primary N) is 2. The van der Waals surface area contributed by atoms with Crippen LogP contribution in [0.5, 0.6) is 0 Å². The zero-order chi connectivity index (χ0) is 35.8. The van der Waals surface area contributed by atoms with Crippen LogP contribution < -0.4 is 11.5 Å². The maximum atomic E-state index is 10.7. The summed E-state index contributed by atoms with van der Waals surface area (Å²) in [5, 5.41) is 0. The van der Waals surface area contributed by atoms with Crippen LogP contribution in [-0.2, 0) is 13.9 Å². The minimum absolute atomic E-state index is 0.152. The third-order valence-electron chi connectivity index (χ3n) is 8.99. The molecule has 0 spiro atoms. The van der Waals surface area contributed by atoms with Crippen molar-refractivity contribution in [2.75, 3.05) is 0 Å². The molecule has 0 unspecified atom stereocenters. The SMILES string of the molecule is NC(=O)CCCCCCCCCCCCCCCCCCCCCCCCCCCCCCCCCCCC(N)=O.OP(O)OP(O)O. The standard InChI is InChI=1S/C37H74N2O2.H4O5P2/c38-36(40)34-32-30-28-26-24-22-20-18-16-14-12-10-8-6-4-2-1-3-5-7-9-11-13-15-17-19-21-23-25-27-29-31-33-35-37(39)41;1-6(2)5-7(3)4/h1-35H2,(H2,38,40)(H2,39,41);1-4H. The molecule has 288 valence electrons. The molecular weight excluding hydrogens is 646 g/mol. The number of hydrogen-bond acceptors (Lipinski definition) is 7. The number of carbonyl (C=O) groups is 2. The maximum Gasteiger partial charge on any atom is 0.334 e. The normalized spacial score (nSPS) is 11.3. The minimum atomic E-state index is -2.61. The molecule has 0 saturated carbocycles. The van der Waals surface area contributed by atoms with E-state index in [4.69, 9.17) is 31.0 Å². The minimum Gasteiger partial charge on any atom is -0.370 e. The van der Waals surface area contributed by atoms with E-state index < -0.39 is 17.2 Å². The molecule has 2 amide bonds. The van der Waals surface area contributed by atoms with Crippen molar-refractivity contribution < 1.29 is 33.5 Å². The van der Waals surface area contributed by atoms with Gasteiger partial charge in [-0.25, -0.2) is 4.31 Å². The first-order chi connectivity index (χ1) is 23.3. The van der Waals surface area contributed by atoms with Crippen molar-refractivity contribution in [3.63, 3.8) is 0 Å². The molecule has 11 heteroatoms. The van der Waals surface area contributed by atoms with Gasteiger partial charge in [0.15, 0.2) is 0 Å². The van der Waals surface area contributed by atoms with E-state index in [1.54, 1.807) is 0 Å². The molecule has 0 aromatic carbocycles. The van der Waals surface area contributed by atoms with Gasteiger partial charge < -0.3 is 31.0 Å². The molecule has 0 aliphatic carbocycles. The zero-order valence-corrected chi connectivity index (χ0v) is 32.6. The lowest BCUT2D eigenvalue weighted by Crippen LogP contribution is -2.09. The predicted octanol–water partition coefficient (Wildman–Crippen LogP) is 11.0. The fourth-order valence-electron chi connectivity index (χ4n) is 6.14. The Labute approximate surface area is 298 Å². The van der Waals surface area contributed by atoms with Crippen LogP contribution in [0, 0.1) is 0 Å². The van der Waals surface area contributed by atoms with E-state index >= 15 is 0 Å². The van der Waals surface area contributed by atoms with Gasteiger partial charge in [0.2, 0.25) is 11.8 Å². The average molecular weight is 725 g/mol. The lowest BCUT2D eigenvalue weighted by molar-refractivity contribution is -0.119. The van der Waals surface area contributed by atoms with E-state index in [-0.39, 0.29) is 11.8 Å². The highest BCUT2D eigenvalue weighted by Gasteiger charge is 2.06. The average Bonchev–Trinajstić information content (AvgIpc) is 3.02. The zero-order valence-electron chi connectivity index (χ0n) is 30.8. The van der Waals surface area contributed by atoms with E-state index in [2.05, 4.69) is 4.31 Å². The third kappa shape index (κ3) is 52.4. The summed E-state index contributed by atoms with van der Waals surface area (Å²) in [5.74, 6) is -0.305. The number of hydrogen-bond donors (Lipinski definition) is 6. The number of amides is 2. The Morgan fingerprint density at radius 1 is 0.312 bits per heavy atom. The molecule has 0 heterocycles. The third-order valence-corrected chi connectivity index (χ3v) is 10.2. The number of carbonyl (C=O) groups excluding carboxylic acids is 2. The van der Waals surface area contributed by atoms with Gasteiger partial charge >= 0.3 is 17.2 Å². The van der Waals surface area contributed by atoms with Gasteiger partial charge in [0.05, 0.1) is 0 Å². The number of unbranched alkanes of at least 4 members (excludes halogenated alkanes) is 32. The molecule has 0 fully saturated rings. The van der Waals surface area contributed by atoms with Crippen LogP contribution in [0.2, 0.25) is 0 Å². The summed E-state index contributed by atoms with van der Waals surface area (Å²) in [6, 6.07) is 0. The molecule has 0 bridgehead atoms. The van der Waals surface area contributed by atoms with Crippen molar-refractivity contribution >= 4 is 29.0 Å². The maximum absolute atomic E-state index is 10.7. The summed E-state index contributed by atoms with van der Waals surface area (Å²) >= 11 is 0. The van der Waals surface area contributed by atoms with Gasteiger partial charge in [0.25, 0.3) is 0 Å². The van der Waals surface area contributed by atoms with Gasteiger partial charge in [-0.05, 0) is 12.8 Å². The highest BCUT2D eigenvalue weighted by molar-refractivity contribution is 7.53. The second-order valence-electron chi connectivity index (χ2n) is 13.7. The fraction of sp³-hybridized carbons (Fsp3) is 0.946. The van der Waals surface area contributed by atoms with Crippen molar-refractivity contribution in [2.45, 2.75) is 225 Å². The van der Waals surface area contributed by atoms with Crippen molar-refractivity contribution in [2.24, 2.45) is 11.5 Å². The summed E-state index contributed by atoms with van der Waals surface area (Å²) in [6.45, 7) is 0. The molecule has 0 saturated heterocycles. The Bertz CT molecular complexity index is 609. The van der Waals surface area contributed by atoms with Crippen molar-refractivity contribution in [1.29, 1.82) is 0 Å². The van der Waals surface area contributed by atoms with Crippen LogP contribution in [-0.4, -0.2) is 31.4 Å². The van der Waals surface area contributed by atoms with Crippen molar-refractivity contribution in [1.82, 2.24) is 0 Å². The number of primary amides is 2. The van der Waals surface area contributed by atoms with E-state index in [1.807, 2.05) is 0 Å². The topological polar surface area (TPSA) is 176 Å². The highest BCUT2D eigenvalue weighted by atomic mass is 31.2. The Morgan fingerprint density at radius 3 is 0.521 bits per heavy atom. The van der Waals surface area contributed by atoms with Crippen LogP contribution in [0.1, 0.15) is 225 Å². The van der Waals surface area contributed by atoms with Gasteiger partial charge in [-0.2, -0.15) is 0 Å². The molecule has 0 aliphatic heterocycles. The van der Waals surface area contributed by atoms with E-state index in [0.717, 1.165) is 25.7 Å². The van der Waals surface area contributed by atoms with Crippen LogP contribution >= 0.6 is 17.2 Å². The highest BCUT2D eigenvalue weighted by Crippen LogP contribution is 2.41. The Kier molecular flexibility index (Phi) is 44.3. The van der Waals surface area contributed by atoms with E-state index in [0.29, 0.717) is 12.8 Å². The van der Waals surface area contributed by atoms with Crippen LogP contribution in [0.4, 0.5) is 0 Å². The Balaban J connectivity index is 0. The first-order valence-electron chi connectivity index (χ1n) is 19.9. The molecule has 0 radical (unpaired) electrons.